The zero-order valence-corrected chi connectivity index (χ0v) is 18.9. The van der Waals surface area contributed by atoms with Crippen LogP contribution in [0.15, 0.2) is 84.9 Å². The molecule has 3 aromatic rings. The van der Waals surface area contributed by atoms with E-state index in [9.17, 15) is 14.4 Å². The molecule has 0 heterocycles. The molecule has 3 rings (SSSR count). The van der Waals surface area contributed by atoms with Crippen LogP contribution in [0.3, 0.4) is 0 Å². The van der Waals surface area contributed by atoms with E-state index in [1.54, 1.807) is 36.4 Å². The minimum absolute atomic E-state index is 0.109. The van der Waals surface area contributed by atoms with Crippen LogP contribution >= 0.6 is 11.6 Å². The van der Waals surface area contributed by atoms with E-state index in [-0.39, 0.29) is 18.4 Å². The molecule has 33 heavy (non-hydrogen) atoms. The number of halogens is 1. The maximum absolute atomic E-state index is 12.6. The number of benzene rings is 3. The van der Waals surface area contributed by atoms with Gasteiger partial charge in [0.15, 0.2) is 6.61 Å². The summed E-state index contributed by atoms with van der Waals surface area (Å²) in [5, 5.41) is 6.27. The summed E-state index contributed by atoms with van der Waals surface area (Å²) in [6.45, 7) is 1.42. The average Bonchev–Trinajstić information content (AvgIpc) is 2.83. The van der Waals surface area contributed by atoms with Crippen molar-refractivity contribution in [3.05, 3.63) is 107 Å². The second-order valence-electron chi connectivity index (χ2n) is 7.51. The first-order valence-electron chi connectivity index (χ1n) is 10.5. The molecule has 0 bridgehead atoms. The SMILES string of the molecule is CC(NC(=O)COC(=O)CC(NC(=O)c1ccccc1)c1ccccc1)c1ccc(Cl)cc1. The Balaban J connectivity index is 1.56. The Morgan fingerprint density at radius 2 is 1.42 bits per heavy atom. The van der Waals surface area contributed by atoms with Crippen LogP contribution < -0.4 is 10.6 Å². The van der Waals surface area contributed by atoms with Crippen LogP contribution in [-0.2, 0) is 14.3 Å². The standard InChI is InChI=1S/C26H25ClN2O4/c1-18(19-12-14-22(27)15-13-19)28-24(30)17-33-25(31)16-23(20-8-4-2-5-9-20)29-26(32)21-10-6-3-7-11-21/h2-15,18,23H,16-17H2,1H3,(H,28,30)(H,29,32). The van der Waals surface area contributed by atoms with Gasteiger partial charge in [-0.2, -0.15) is 0 Å². The molecule has 0 aromatic heterocycles. The van der Waals surface area contributed by atoms with Crippen LogP contribution in [0.1, 0.15) is 46.9 Å². The fourth-order valence-electron chi connectivity index (χ4n) is 3.26. The number of hydrogen-bond donors (Lipinski definition) is 2. The van der Waals surface area contributed by atoms with Gasteiger partial charge in [0.2, 0.25) is 0 Å². The lowest BCUT2D eigenvalue weighted by atomic mass is 10.0. The van der Waals surface area contributed by atoms with Crippen molar-refractivity contribution >= 4 is 29.4 Å². The van der Waals surface area contributed by atoms with Crippen LogP contribution in [0.25, 0.3) is 0 Å². The van der Waals surface area contributed by atoms with Crippen molar-refractivity contribution < 1.29 is 19.1 Å². The van der Waals surface area contributed by atoms with E-state index in [4.69, 9.17) is 16.3 Å². The molecule has 0 aliphatic rings. The smallest absolute Gasteiger partial charge is 0.308 e. The molecule has 2 unspecified atom stereocenters. The number of carbonyl (C=O) groups is 3. The highest BCUT2D eigenvalue weighted by Crippen LogP contribution is 2.19. The normalized spacial score (nSPS) is 12.3. The fraction of sp³-hybridized carbons (Fsp3) is 0.192. The molecular formula is C26H25ClN2O4. The topological polar surface area (TPSA) is 84.5 Å². The Kier molecular flexibility index (Phi) is 8.61. The van der Waals surface area contributed by atoms with Crippen LogP contribution in [0.4, 0.5) is 0 Å². The van der Waals surface area contributed by atoms with E-state index in [1.807, 2.05) is 55.5 Å². The summed E-state index contributed by atoms with van der Waals surface area (Å²) in [5.41, 5.74) is 2.13. The largest absolute Gasteiger partial charge is 0.456 e. The van der Waals surface area contributed by atoms with E-state index < -0.39 is 24.5 Å². The highest BCUT2D eigenvalue weighted by atomic mass is 35.5. The molecule has 7 heteroatoms. The van der Waals surface area contributed by atoms with E-state index >= 15 is 0 Å². The minimum Gasteiger partial charge on any atom is -0.456 e. The number of carbonyl (C=O) groups excluding carboxylic acids is 3. The summed E-state index contributed by atoms with van der Waals surface area (Å²) in [6.07, 6.45) is -0.109. The van der Waals surface area contributed by atoms with Crippen molar-refractivity contribution in [1.29, 1.82) is 0 Å². The van der Waals surface area contributed by atoms with Gasteiger partial charge in [-0.3, -0.25) is 14.4 Å². The van der Waals surface area contributed by atoms with Gasteiger partial charge in [0, 0.05) is 10.6 Å². The van der Waals surface area contributed by atoms with E-state index in [1.165, 1.54) is 0 Å². The molecule has 0 spiro atoms. The maximum atomic E-state index is 12.6. The molecule has 2 atom stereocenters. The maximum Gasteiger partial charge on any atom is 0.308 e. The minimum atomic E-state index is -0.595. The molecule has 0 radical (unpaired) electrons. The summed E-state index contributed by atoms with van der Waals surface area (Å²) in [6, 6.07) is 24.2. The number of amides is 2. The van der Waals surface area contributed by atoms with Gasteiger partial charge >= 0.3 is 5.97 Å². The van der Waals surface area contributed by atoms with Gasteiger partial charge in [0.05, 0.1) is 18.5 Å². The predicted octanol–water partition coefficient (Wildman–Crippen LogP) is 4.62. The van der Waals surface area contributed by atoms with Crippen LogP contribution in [-0.4, -0.2) is 24.4 Å². The second-order valence-corrected chi connectivity index (χ2v) is 7.94. The number of rotatable bonds is 9. The highest BCUT2D eigenvalue weighted by Gasteiger charge is 2.21. The van der Waals surface area contributed by atoms with Crippen molar-refractivity contribution in [3.63, 3.8) is 0 Å². The summed E-state index contributed by atoms with van der Waals surface area (Å²) >= 11 is 5.89. The third-order valence-corrected chi connectivity index (χ3v) is 5.28. The van der Waals surface area contributed by atoms with Gasteiger partial charge in [0.25, 0.3) is 11.8 Å². The Morgan fingerprint density at radius 3 is 2.06 bits per heavy atom. The van der Waals surface area contributed by atoms with Gasteiger partial charge in [0.1, 0.15) is 0 Å². The Morgan fingerprint density at radius 1 is 0.818 bits per heavy atom. The number of esters is 1. The van der Waals surface area contributed by atoms with Gasteiger partial charge in [-0.05, 0) is 42.3 Å². The Bertz CT molecular complexity index is 1070. The fourth-order valence-corrected chi connectivity index (χ4v) is 3.38. The Labute approximate surface area is 197 Å². The van der Waals surface area contributed by atoms with Crippen LogP contribution in [0, 0.1) is 0 Å². The van der Waals surface area contributed by atoms with Crippen LogP contribution in [0.5, 0.6) is 0 Å². The molecule has 0 aliphatic carbocycles. The second kappa shape index (κ2) is 11.8. The van der Waals surface area contributed by atoms with Gasteiger partial charge in [-0.25, -0.2) is 0 Å². The van der Waals surface area contributed by atoms with Crippen molar-refractivity contribution in [2.24, 2.45) is 0 Å². The summed E-state index contributed by atoms with van der Waals surface area (Å²) < 4.78 is 5.18. The first kappa shape index (κ1) is 24.0. The average molecular weight is 465 g/mol. The van der Waals surface area contributed by atoms with Crippen molar-refractivity contribution in [3.8, 4) is 0 Å². The van der Waals surface area contributed by atoms with E-state index in [2.05, 4.69) is 10.6 Å². The third-order valence-electron chi connectivity index (χ3n) is 5.03. The molecule has 2 N–H and O–H groups in total. The number of ether oxygens (including phenoxy) is 1. The summed E-state index contributed by atoms with van der Waals surface area (Å²) in [4.78, 5) is 37.3. The van der Waals surface area contributed by atoms with Gasteiger partial charge in [-0.1, -0.05) is 72.3 Å². The van der Waals surface area contributed by atoms with Crippen molar-refractivity contribution in [2.75, 3.05) is 6.61 Å². The van der Waals surface area contributed by atoms with Crippen LogP contribution in [0.2, 0.25) is 5.02 Å². The third kappa shape index (κ3) is 7.47. The lowest BCUT2D eigenvalue weighted by Gasteiger charge is -2.19. The number of hydrogen-bond acceptors (Lipinski definition) is 4. The first-order chi connectivity index (χ1) is 15.9. The molecule has 0 saturated heterocycles. The molecule has 6 nitrogen and oxygen atoms in total. The lowest BCUT2D eigenvalue weighted by molar-refractivity contribution is -0.149. The van der Waals surface area contributed by atoms with E-state index in [0.29, 0.717) is 10.6 Å². The number of nitrogens with one attached hydrogen (secondary N) is 2. The highest BCUT2D eigenvalue weighted by molar-refractivity contribution is 6.30. The molecular weight excluding hydrogens is 440 g/mol. The molecule has 0 aliphatic heterocycles. The summed E-state index contributed by atoms with van der Waals surface area (Å²) in [5.74, 6) is -1.31. The zero-order valence-electron chi connectivity index (χ0n) is 18.2. The first-order valence-corrected chi connectivity index (χ1v) is 10.9. The Hall–Kier alpha value is -3.64. The molecule has 3 aromatic carbocycles. The summed E-state index contributed by atoms with van der Waals surface area (Å²) in [7, 11) is 0. The van der Waals surface area contributed by atoms with E-state index in [0.717, 1.165) is 11.1 Å². The van der Waals surface area contributed by atoms with Gasteiger partial charge in [-0.15, -0.1) is 0 Å². The van der Waals surface area contributed by atoms with Gasteiger partial charge < -0.3 is 15.4 Å². The molecule has 170 valence electrons. The monoisotopic (exact) mass is 464 g/mol. The van der Waals surface area contributed by atoms with Crippen molar-refractivity contribution in [2.45, 2.75) is 25.4 Å². The zero-order chi connectivity index (χ0) is 23.6. The quantitative estimate of drug-likeness (QED) is 0.452. The predicted molar refractivity (Wildman–Crippen MR) is 127 cm³/mol. The molecule has 2 amide bonds. The molecule has 0 saturated carbocycles. The lowest BCUT2D eigenvalue weighted by Crippen LogP contribution is -2.33. The van der Waals surface area contributed by atoms with Crippen molar-refractivity contribution in [1.82, 2.24) is 10.6 Å². The molecule has 0 fully saturated rings.